The van der Waals surface area contributed by atoms with E-state index in [9.17, 15) is 9.59 Å². The molecule has 0 unspecified atom stereocenters. The number of carbonyl (C=O) groups excluding carboxylic acids is 2. The van der Waals surface area contributed by atoms with Gasteiger partial charge in [-0.25, -0.2) is 0 Å². The highest BCUT2D eigenvalue weighted by molar-refractivity contribution is 5.94. The lowest BCUT2D eigenvalue weighted by atomic mass is 10.1. The zero-order valence-corrected chi connectivity index (χ0v) is 9.36. The number of ketones is 1. The number of Topliss-reactive ketones (excluding diaryl/α,β-unsaturated/α-hetero) is 1. The summed E-state index contributed by atoms with van der Waals surface area (Å²) in [5.74, 6) is 0.262. The molecule has 1 rings (SSSR count). The largest absolute Gasteiger partial charge is 0.457 e. The van der Waals surface area contributed by atoms with Crippen molar-refractivity contribution in [1.82, 2.24) is 0 Å². The van der Waals surface area contributed by atoms with Crippen molar-refractivity contribution in [2.45, 2.75) is 20.3 Å². The van der Waals surface area contributed by atoms with E-state index in [1.807, 2.05) is 0 Å². The van der Waals surface area contributed by atoms with Gasteiger partial charge in [-0.15, -0.1) is 0 Å². The molecule has 4 heteroatoms. The van der Waals surface area contributed by atoms with E-state index in [1.165, 1.54) is 6.92 Å². The predicted molar refractivity (Wildman–Crippen MR) is 58.3 cm³/mol. The van der Waals surface area contributed by atoms with E-state index in [4.69, 9.17) is 9.47 Å². The molecule has 0 radical (unpaired) electrons. The van der Waals surface area contributed by atoms with Gasteiger partial charge >= 0.3 is 5.97 Å². The molecular formula is C12H14O4. The van der Waals surface area contributed by atoms with Crippen molar-refractivity contribution in [1.29, 1.82) is 0 Å². The van der Waals surface area contributed by atoms with Crippen LogP contribution in [0.15, 0.2) is 24.3 Å². The SMILES string of the molecule is CCC(=O)OCOc1ccc(C(C)=O)cc1. The Morgan fingerprint density at radius 2 is 1.81 bits per heavy atom. The minimum atomic E-state index is -0.305. The summed E-state index contributed by atoms with van der Waals surface area (Å²) >= 11 is 0. The van der Waals surface area contributed by atoms with Crippen LogP contribution in [-0.4, -0.2) is 18.5 Å². The average molecular weight is 222 g/mol. The number of carbonyl (C=O) groups is 2. The molecule has 0 saturated carbocycles. The van der Waals surface area contributed by atoms with E-state index in [1.54, 1.807) is 31.2 Å². The van der Waals surface area contributed by atoms with Gasteiger partial charge in [0, 0.05) is 12.0 Å². The van der Waals surface area contributed by atoms with Crippen LogP contribution in [0.2, 0.25) is 0 Å². The highest BCUT2D eigenvalue weighted by Crippen LogP contribution is 2.12. The molecule has 86 valence electrons. The second kappa shape index (κ2) is 5.90. The first kappa shape index (κ1) is 12.2. The number of hydrogen-bond donors (Lipinski definition) is 0. The van der Waals surface area contributed by atoms with Crippen LogP contribution in [-0.2, 0) is 9.53 Å². The Morgan fingerprint density at radius 3 is 2.31 bits per heavy atom. The topological polar surface area (TPSA) is 52.6 Å². The summed E-state index contributed by atoms with van der Waals surface area (Å²) in [6.07, 6.45) is 0.326. The van der Waals surface area contributed by atoms with Crippen LogP contribution in [0, 0.1) is 0 Å². The Kier molecular flexibility index (Phi) is 4.51. The lowest BCUT2D eigenvalue weighted by Crippen LogP contribution is -2.09. The van der Waals surface area contributed by atoms with Crippen LogP contribution in [0.25, 0.3) is 0 Å². The van der Waals surface area contributed by atoms with Crippen LogP contribution >= 0.6 is 0 Å². The van der Waals surface area contributed by atoms with Crippen molar-refractivity contribution in [2.24, 2.45) is 0 Å². The van der Waals surface area contributed by atoms with Gasteiger partial charge in [0.05, 0.1) is 0 Å². The first-order chi connectivity index (χ1) is 7.63. The number of hydrogen-bond acceptors (Lipinski definition) is 4. The van der Waals surface area contributed by atoms with Gasteiger partial charge < -0.3 is 9.47 Å². The van der Waals surface area contributed by atoms with E-state index in [0.717, 1.165) is 0 Å². The molecule has 0 N–H and O–H groups in total. The van der Waals surface area contributed by atoms with Gasteiger partial charge in [0.2, 0.25) is 6.79 Å². The molecule has 16 heavy (non-hydrogen) atoms. The van der Waals surface area contributed by atoms with E-state index in [2.05, 4.69) is 0 Å². The van der Waals surface area contributed by atoms with Crippen LogP contribution < -0.4 is 4.74 Å². The highest BCUT2D eigenvalue weighted by atomic mass is 16.7. The summed E-state index contributed by atoms with van der Waals surface area (Å²) in [5.41, 5.74) is 0.623. The van der Waals surface area contributed by atoms with Crippen molar-refractivity contribution < 1.29 is 19.1 Å². The summed E-state index contributed by atoms with van der Waals surface area (Å²) in [5, 5.41) is 0. The van der Waals surface area contributed by atoms with E-state index in [-0.39, 0.29) is 18.5 Å². The molecule has 0 aromatic heterocycles. The molecule has 0 spiro atoms. The lowest BCUT2D eigenvalue weighted by molar-refractivity contribution is -0.149. The molecule has 0 aliphatic carbocycles. The van der Waals surface area contributed by atoms with Crippen molar-refractivity contribution in [3.05, 3.63) is 29.8 Å². The van der Waals surface area contributed by atoms with Crippen LogP contribution in [0.1, 0.15) is 30.6 Å². The van der Waals surface area contributed by atoms with Gasteiger partial charge in [0.1, 0.15) is 5.75 Å². The van der Waals surface area contributed by atoms with Crippen molar-refractivity contribution in [2.75, 3.05) is 6.79 Å². The third-order valence-electron chi connectivity index (χ3n) is 2.00. The maximum absolute atomic E-state index is 11.0. The van der Waals surface area contributed by atoms with E-state index < -0.39 is 0 Å². The van der Waals surface area contributed by atoms with Gasteiger partial charge in [-0.2, -0.15) is 0 Å². The molecule has 1 aromatic rings. The van der Waals surface area contributed by atoms with Crippen molar-refractivity contribution >= 4 is 11.8 Å². The minimum Gasteiger partial charge on any atom is -0.457 e. The van der Waals surface area contributed by atoms with Gasteiger partial charge in [-0.3, -0.25) is 9.59 Å². The molecule has 0 amide bonds. The lowest BCUT2D eigenvalue weighted by Gasteiger charge is -2.06. The van der Waals surface area contributed by atoms with Crippen LogP contribution in [0.3, 0.4) is 0 Å². The standard InChI is InChI=1S/C12H14O4/c1-3-12(14)16-8-15-11-6-4-10(5-7-11)9(2)13/h4-7H,3,8H2,1-2H3. The number of esters is 1. The van der Waals surface area contributed by atoms with Crippen molar-refractivity contribution in [3.8, 4) is 5.75 Å². The molecular weight excluding hydrogens is 208 g/mol. The zero-order chi connectivity index (χ0) is 12.0. The molecule has 0 aliphatic rings. The molecule has 0 bridgehead atoms. The smallest absolute Gasteiger partial charge is 0.308 e. The van der Waals surface area contributed by atoms with Gasteiger partial charge in [0.15, 0.2) is 5.78 Å². The number of benzene rings is 1. The highest BCUT2D eigenvalue weighted by Gasteiger charge is 2.01. The first-order valence-corrected chi connectivity index (χ1v) is 5.03. The fourth-order valence-electron chi connectivity index (χ4n) is 1.05. The van der Waals surface area contributed by atoms with Gasteiger partial charge in [-0.1, -0.05) is 6.92 Å². The quantitative estimate of drug-likeness (QED) is 0.435. The summed E-state index contributed by atoms with van der Waals surface area (Å²) in [6.45, 7) is 3.11. The number of rotatable bonds is 5. The average Bonchev–Trinajstić information content (AvgIpc) is 2.29. The summed E-state index contributed by atoms with van der Waals surface area (Å²) in [6, 6.07) is 6.66. The van der Waals surface area contributed by atoms with Gasteiger partial charge in [-0.05, 0) is 31.2 Å². The molecule has 0 atom stereocenters. The Bertz CT molecular complexity index is 367. The Morgan fingerprint density at radius 1 is 1.19 bits per heavy atom. The summed E-state index contributed by atoms with van der Waals surface area (Å²) < 4.78 is 9.90. The molecule has 0 saturated heterocycles. The van der Waals surface area contributed by atoms with Crippen molar-refractivity contribution in [3.63, 3.8) is 0 Å². The molecule has 0 heterocycles. The Hall–Kier alpha value is -1.84. The molecule has 0 fully saturated rings. The Balaban J connectivity index is 2.43. The fourth-order valence-corrected chi connectivity index (χ4v) is 1.05. The van der Waals surface area contributed by atoms with E-state index >= 15 is 0 Å². The molecule has 4 nitrogen and oxygen atoms in total. The summed E-state index contributed by atoms with van der Waals surface area (Å²) in [4.78, 5) is 21.8. The predicted octanol–water partition coefficient (Wildman–Crippen LogP) is 2.18. The molecule has 0 aliphatic heterocycles. The third-order valence-corrected chi connectivity index (χ3v) is 2.00. The second-order valence-corrected chi connectivity index (χ2v) is 3.21. The maximum atomic E-state index is 11.0. The third kappa shape index (κ3) is 3.73. The molecule has 1 aromatic carbocycles. The zero-order valence-electron chi connectivity index (χ0n) is 9.36. The Labute approximate surface area is 94.2 Å². The van der Waals surface area contributed by atoms with E-state index in [0.29, 0.717) is 17.7 Å². The first-order valence-electron chi connectivity index (χ1n) is 5.03. The number of ether oxygens (including phenoxy) is 2. The monoisotopic (exact) mass is 222 g/mol. The van der Waals surface area contributed by atoms with Gasteiger partial charge in [0.25, 0.3) is 0 Å². The van der Waals surface area contributed by atoms with Crippen LogP contribution in [0.4, 0.5) is 0 Å². The normalized spacial score (nSPS) is 9.62. The van der Waals surface area contributed by atoms with Crippen LogP contribution in [0.5, 0.6) is 5.75 Å². The fraction of sp³-hybridized carbons (Fsp3) is 0.333. The second-order valence-electron chi connectivity index (χ2n) is 3.21. The maximum Gasteiger partial charge on any atom is 0.308 e. The minimum absolute atomic E-state index is 0.00367. The summed E-state index contributed by atoms with van der Waals surface area (Å²) in [7, 11) is 0.